The Morgan fingerprint density at radius 3 is 2.47 bits per heavy atom. The first-order chi connectivity index (χ1) is 9.16. The van der Waals surface area contributed by atoms with Crippen molar-refractivity contribution in [2.45, 2.75) is 6.92 Å². The van der Waals surface area contributed by atoms with Gasteiger partial charge in [-0.2, -0.15) is 0 Å². The number of rotatable bonds is 2. The fourth-order valence-electron chi connectivity index (χ4n) is 2.04. The van der Waals surface area contributed by atoms with E-state index >= 15 is 0 Å². The Labute approximate surface area is 120 Å². The van der Waals surface area contributed by atoms with Crippen LogP contribution in [0.1, 0.15) is 5.69 Å². The number of hydrogen-bond acceptors (Lipinski definition) is 1. The Balaban J connectivity index is 2.17. The third-order valence-corrected chi connectivity index (χ3v) is 3.59. The number of aryl methyl sites for hydroxylation is 1. The third kappa shape index (κ3) is 2.15. The summed E-state index contributed by atoms with van der Waals surface area (Å²) >= 11 is 12.5. The van der Waals surface area contributed by atoms with Crippen molar-refractivity contribution in [3.05, 3.63) is 52.4 Å². The molecular formula is C14H11Cl2N3. The molecule has 2 heterocycles. The third-order valence-electron chi connectivity index (χ3n) is 2.96. The number of benzene rings is 1. The molecule has 0 bridgehead atoms. The average molecular weight is 292 g/mol. The molecule has 3 rings (SSSR count). The molecule has 0 unspecified atom stereocenters. The summed E-state index contributed by atoms with van der Waals surface area (Å²) in [5.74, 6) is 0.796. The lowest BCUT2D eigenvalue weighted by Crippen LogP contribution is -1.84. The first kappa shape index (κ1) is 12.3. The summed E-state index contributed by atoms with van der Waals surface area (Å²) in [6.07, 6.45) is 3.74. The van der Waals surface area contributed by atoms with Crippen LogP contribution in [0.4, 0.5) is 0 Å². The van der Waals surface area contributed by atoms with E-state index in [4.69, 9.17) is 23.2 Å². The van der Waals surface area contributed by atoms with Gasteiger partial charge in [-0.05, 0) is 25.1 Å². The van der Waals surface area contributed by atoms with Crippen molar-refractivity contribution in [1.29, 1.82) is 0 Å². The van der Waals surface area contributed by atoms with E-state index in [-0.39, 0.29) is 0 Å². The summed E-state index contributed by atoms with van der Waals surface area (Å²) in [6.45, 7) is 1.96. The smallest absolute Gasteiger partial charge is 0.139 e. The van der Waals surface area contributed by atoms with Crippen molar-refractivity contribution < 1.29 is 0 Å². The van der Waals surface area contributed by atoms with Crippen LogP contribution in [0, 0.1) is 6.92 Å². The summed E-state index contributed by atoms with van der Waals surface area (Å²) in [4.78, 5) is 10.9. The molecule has 0 saturated carbocycles. The molecule has 1 aromatic carbocycles. The zero-order valence-corrected chi connectivity index (χ0v) is 11.7. The maximum absolute atomic E-state index is 6.23. The molecule has 0 radical (unpaired) electrons. The molecule has 0 amide bonds. The van der Waals surface area contributed by atoms with E-state index in [9.17, 15) is 0 Å². The fraction of sp³-hybridized carbons (Fsp3) is 0.0714. The molecule has 96 valence electrons. The normalized spacial score (nSPS) is 10.9. The summed E-state index contributed by atoms with van der Waals surface area (Å²) in [5, 5.41) is 1.20. The van der Waals surface area contributed by atoms with E-state index in [0.717, 1.165) is 28.3 Å². The summed E-state index contributed by atoms with van der Waals surface area (Å²) in [7, 11) is 0. The second-order valence-corrected chi connectivity index (χ2v) is 5.07. The highest BCUT2D eigenvalue weighted by atomic mass is 35.5. The first-order valence-electron chi connectivity index (χ1n) is 5.81. The van der Waals surface area contributed by atoms with Crippen LogP contribution in [-0.2, 0) is 0 Å². The molecule has 3 nitrogen and oxygen atoms in total. The van der Waals surface area contributed by atoms with Crippen molar-refractivity contribution in [2.24, 2.45) is 0 Å². The van der Waals surface area contributed by atoms with Crippen molar-refractivity contribution in [3.63, 3.8) is 0 Å². The topological polar surface area (TPSA) is 44.5 Å². The molecule has 0 atom stereocenters. The van der Waals surface area contributed by atoms with Gasteiger partial charge in [-0.15, -0.1) is 0 Å². The number of aromatic nitrogens is 3. The number of nitrogens with one attached hydrogen (secondary N) is 2. The predicted molar refractivity (Wildman–Crippen MR) is 78.6 cm³/mol. The Kier molecular flexibility index (Phi) is 3.09. The number of hydrogen-bond donors (Lipinski definition) is 2. The number of H-pyrrole nitrogens is 2. The van der Waals surface area contributed by atoms with E-state index in [0.29, 0.717) is 10.0 Å². The van der Waals surface area contributed by atoms with Gasteiger partial charge in [-0.3, -0.25) is 0 Å². The first-order valence-corrected chi connectivity index (χ1v) is 6.56. The van der Waals surface area contributed by atoms with Gasteiger partial charge in [0.1, 0.15) is 5.82 Å². The van der Waals surface area contributed by atoms with E-state index in [2.05, 4.69) is 15.0 Å². The molecule has 5 heteroatoms. The highest BCUT2D eigenvalue weighted by Gasteiger charge is 2.16. The van der Waals surface area contributed by atoms with Crippen LogP contribution in [0.2, 0.25) is 10.0 Å². The van der Waals surface area contributed by atoms with Gasteiger partial charge >= 0.3 is 0 Å². The summed E-state index contributed by atoms with van der Waals surface area (Å²) < 4.78 is 0. The lowest BCUT2D eigenvalue weighted by Gasteiger charge is -2.04. The molecule has 0 aliphatic rings. The molecule has 19 heavy (non-hydrogen) atoms. The minimum absolute atomic E-state index is 0.600. The van der Waals surface area contributed by atoms with Crippen LogP contribution >= 0.6 is 23.2 Å². The molecule has 0 fully saturated rings. The minimum Gasteiger partial charge on any atom is -0.367 e. The molecule has 0 spiro atoms. The van der Waals surface area contributed by atoms with E-state index < -0.39 is 0 Å². The van der Waals surface area contributed by atoms with Gasteiger partial charge in [-0.1, -0.05) is 29.3 Å². The second-order valence-electron chi connectivity index (χ2n) is 4.26. The van der Waals surface area contributed by atoms with Gasteiger partial charge in [-0.25, -0.2) is 4.98 Å². The number of nitrogens with zero attached hydrogens (tertiary/aromatic N) is 1. The highest BCUT2D eigenvalue weighted by Crippen LogP contribution is 2.36. The van der Waals surface area contributed by atoms with Crippen LogP contribution in [0.15, 0.2) is 36.7 Å². The Bertz CT molecular complexity index is 694. The standard InChI is InChI=1S/C14H11Cl2N3/c1-8-13(12-10(15)3-2-4-11(12)16)19-14(18-8)9-5-6-17-7-9/h2-7,17H,1H3,(H,18,19). The maximum Gasteiger partial charge on any atom is 0.139 e. The highest BCUT2D eigenvalue weighted by molar-refractivity contribution is 6.39. The number of aromatic amines is 2. The molecule has 2 aromatic heterocycles. The predicted octanol–water partition coefficient (Wildman–Crippen LogP) is 4.69. The maximum atomic E-state index is 6.23. The summed E-state index contributed by atoms with van der Waals surface area (Å²) in [5.41, 5.74) is 3.48. The monoisotopic (exact) mass is 291 g/mol. The van der Waals surface area contributed by atoms with Gasteiger partial charge in [0.25, 0.3) is 0 Å². The largest absolute Gasteiger partial charge is 0.367 e. The van der Waals surface area contributed by atoms with Crippen LogP contribution < -0.4 is 0 Å². The number of imidazole rings is 1. The van der Waals surface area contributed by atoms with Gasteiger partial charge in [0.05, 0.1) is 15.7 Å². The molecule has 0 aliphatic heterocycles. The fourth-order valence-corrected chi connectivity index (χ4v) is 2.61. The van der Waals surface area contributed by atoms with Crippen LogP contribution in [-0.4, -0.2) is 15.0 Å². The Hall–Kier alpha value is -1.71. The van der Waals surface area contributed by atoms with Crippen molar-refractivity contribution in [3.8, 4) is 22.6 Å². The van der Waals surface area contributed by atoms with Crippen molar-refractivity contribution in [2.75, 3.05) is 0 Å². The second kappa shape index (κ2) is 4.76. The minimum atomic E-state index is 0.600. The van der Waals surface area contributed by atoms with Gasteiger partial charge in [0.15, 0.2) is 0 Å². The van der Waals surface area contributed by atoms with Gasteiger partial charge in [0.2, 0.25) is 0 Å². The van der Waals surface area contributed by atoms with E-state index in [1.807, 2.05) is 43.6 Å². The molecule has 2 N–H and O–H groups in total. The van der Waals surface area contributed by atoms with Crippen molar-refractivity contribution in [1.82, 2.24) is 15.0 Å². The van der Waals surface area contributed by atoms with Gasteiger partial charge in [0, 0.05) is 29.2 Å². The average Bonchev–Trinajstić information content (AvgIpc) is 2.99. The Morgan fingerprint density at radius 2 is 1.84 bits per heavy atom. The molecule has 0 aliphatic carbocycles. The quantitative estimate of drug-likeness (QED) is 0.707. The van der Waals surface area contributed by atoms with Crippen LogP contribution in [0.25, 0.3) is 22.6 Å². The number of halogens is 2. The zero-order valence-electron chi connectivity index (χ0n) is 10.2. The van der Waals surface area contributed by atoms with Crippen molar-refractivity contribution >= 4 is 23.2 Å². The zero-order chi connectivity index (χ0) is 13.4. The van der Waals surface area contributed by atoms with E-state index in [1.54, 1.807) is 0 Å². The molecule has 0 saturated heterocycles. The lowest BCUT2D eigenvalue weighted by atomic mass is 10.1. The van der Waals surface area contributed by atoms with Crippen LogP contribution in [0.5, 0.6) is 0 Å². The van der Waals surface area contributed by atoms with E-state index in [1.165, 1.54) is 0 Å². The molecular weight excluding hydrogens is 281 g/mol. The van der Waals surface area contributed by atoms with Crippen LogP contribution in [0.3, 0.4) is 0 Å². The molecule has 3 aromatic rings. The SMILES string of the molecule is Cc1[nH]c(-c2cc[nH]c2)nc1-c1c(Cl)cccc1Cl. The van der Waals surface area contributed by atoms with Gasteiger partial charge < -0.3 is 9.97 Å². The summed E-state index contributed by atoms with van der Waals surface area (Å²) in [6, 6.07) is 7.40. The Morgan fingerprint density at radius 1 is 1.11 bits per heavy atom. The lowest BCUT2D eigenvalue weighted by molar-refractivity contribution is 1.26.